The molecule has 0 rings (SSSR count). The van der Waals surface area contributed by atoms with Crippen LogP contribution in [0.1, 0.15) is 0 Å². The van der Waals surface area contributed by atoms with Crippen LogP contribution < -0.4 is 0 Å². The average molecular weight is 222 g/mol. The molecular formula is C8H15O5P. The van der Waals surface area contributed by atoms with Crippen molar-refractivity contribution in [2.75, 3.05) is 32.6 Å². The maximum atomic E-state index is 10.8. The fraction of sp³-hybridized carbons (Fsp3) is 0.625. The third kappa shape index (κ3) is 9.45. The molecule has 1 N–H and O–H groups in total. The second kappa shape index (κ2) is 6.76. The third-order valence-corrected chi connectivity index (χ3v) is 2.30. The van der Waals surface area contributed by atoms with Gasteiger partial charge in [-0.25, -0.2) is 4.79 Å². The minimum Gasteiger partial charge on any atom is -0.460 e. The van der Waals surface area contributed by atoms with Crippen LogP contribution in [0.3, 0.4) is 0 Å². The highest BCUT2D eigenvalue weighted by atomic mass is 31.2. The molecule has 0 aromatic carbocycles. The van der Waals surface area contributed by atoms with Gasteiger partial charge in [-0.05, 0) is 0 Å². The Labute approximate surface area is 83.2 Å². The van der Waals surface area contributed by atoms with Crippen LogP contribution in [0.15, 0.2) is 12.7 Å². The largest absolute Gasteiger partial charge is 0.460 e. The average Bonchev–Trinajstić information content (AvgIpc) is 2.08. The minimum absolute atomic E-state index is 0.113. The van der Waals surface area contributed by atoms with E-state index in [0.717, 1.165) is 6.08 Å². The highest BCUT2D eigenvalue weighted by Crippen LogP contribution is 2.33. The summed E-state index contributed by atoms with van der Waals surface area (Å²) >= 11 is 0. The predicted octanol–water partition coefficient (Wildman–Crippen LogP) is 0.632. The fourth-order valence-electron chi connectivity index (χ4n) is 0.596. The van der Waals surface area contributed by atoms with Crippen molar-refractivity contribution in [3.63, 3.8) is 0 Å². The van der Waals surface area contributed by atoms with Crippen molar-refractivity contribution < 1.29 is 23.7 Å². The van der Waals surface area contributed by atoms with Gasteiger partial charge in [0.05, 0.1) is 13.2 Å². The summed E-state index contributed by atoms with van der Waals surface area (Å²) in [5.41, 5.74) is 0. The van der Waals surface area contributed by atoms with Crippen LogP contribution in [0.25, 0.3) is 0 Å². The topological polar surface area (TPSA) is 72.8 Å². The molecule has 0 aliphatic heterocycles. The third-order valence-electron chi connectivity index (χ3n) is 1.29. The Morgan fingerprint density at radius 3 is 2.64 bits per heavy atom. The summed E-state index contributed by atoms with van der Waals surface area (Å²) in [7, 11) is -2.99. The number of carbonyl (C=O) groups is 1. The van der Waals surface area contributed by atoms with E-state index in [2.05, 4.69) is 11.3 Å². The van der Waals surface area contributed by atoms with E-state index >= 15 is 0 Å². The molecule has 0 saturated heterocycles. The van der Waals surface area contributed by atoms with E-state index in [1.54, 1.807) is 0 Å². The zero-order valence-electron chi connectivity index (χ0n) is 8.14. The lowest BCUT2D eigenvalue weighted by Gasteiger charge is -2.06. The van der Waals surface area contributed by atoms with E-state index in [4.69, 9.17) is 9.63 Å². The zero-order chi connectivity index (χ0) is 11.0. The van der Waals surface area contributed by atoms with Crippen molar-refractivity contribution >= 4 is 13.3 Å². The van der Waals surface area contributed by atoms with Gasteiger partial charge in [0.15, 0.2) is 7.37 Å². The van der Waals surface area contributed by atoms with Gasteiger partial charge in [-0.1, -0.05) is 6.58 Å². The number of hydrogen-bond acceptors (Lipinski definition) is 4. The van der Waals surface area contributed by atoms with Gasteiger partial charge in [-0.3, -0.25) is 4.57 Å². The molecule has 0 aromatic rings. The van der Waals surface area contributed by atoms with E-state index in [1.165, 1.54) is 6.66 Å². The van der Waals surface area contributed by atoms with Crippen LogP contribution in [0.2, 0.25) is 0 Å². The predicted molar refractivity (Wildman–Crippen MR) is 52.6 cm³/mol. The first-order chi connectivity index (χ1) is 6.45. The molecule has 0 aromatic heterocycles. The molecule has 14 heavy (non-hydrogen) atoms. The minimum atomic E-state index is -2.99. The normalized spacial score (nSPS) is 14.4. The summed E-state index contributed by atoms with van der Waals surface area (Å²) < 4.78 is 20.3. The summed E-state index contributed by atoms with van der Waals surface area (Å²) in [6.45, 7) is 5.04. The zero-order valence-corrected chi connectivity index (χ0v) is 9.03. The van der Waals surface area contributed by atoms with Crippen LogP contribution in [-0.4, -0.2) is 43.5 Å². The second-order valence-corrected chi connectivity index (χ2v) is 5.31. The molecule has 1 unspecified atom stereocenters. The molecule has 0 aliphatic carbocycles. The Bertz CT molecular complexity index is 232. The standard InChI is InChI=1S/C8H15O5P/c1-3-8(9)13-5-4-12-6-7-14(2,10)11/h3H,1,4-7H2,2H3,(H,10,11). The quantitative estimate of drug-likeness (QED) is 0.296. The van der Waals surface area contributed by atoms with Gasteiger partial charge >= 0.3 is 5.97 Å². The van der Waals surface area contributed by atoms with Crippen molar-refractivity contribution in [1.29, 1.82) is 0 Å². The van der Waals surface area contributed by atoms with Crippen molar-refractivity contribution in [3.8, 4) is 0 Å². The van der Waals surface area contributed by atoms with E-state index in [0.29, 0.717) is 0 Å². The van der Waals surface area contributed by atoms with Crippen LogP contribution in [0.5, 0.6) is 0 Å². The van der Waals surface area contributed by atoms with Gasteiger partial charge in [0.2, 0.25) is 0 Å². The van der Waals surface area contributed by atoms with Crippen LogP contribution in [-0.2, 0) is 18.8 Å². The Kier molecular flexibility index (Phi) is 6.45. The smallest absolute Gasteiger partial charge is 0.330 e. The van der Waals surface area contributed by atoms with Crippen molar-refractivity contribution in [2.24, 2.45) is 0 Å². The molecule has 0 aliphatic rings. The van der Waals surface area contributed by atoms with Crippen LogP contribution in [0.4, 0.5) is 0 Å². The maximum Gasteiger partial charge on any atom is 0.330 e. The van der Waals surface area contributed by atoms with E-state index in [-0.39, 0.29) is 26.0 Å². The molecular weight excluding hydrogens is 207 g/mol. The first kappa shape index (κ1) is 13.4. The molecule has 0 heterocycles. The lowest BCUT2D eigenvalue weighted by molar-refractivity contribution is -0.139. The Morgan fingerprint density at radius 2 is 2.14 bits per heavy atom. The lowest BCUT2D eigenvalue weighted by Crippen LogP contribution is -2.10. The van der Waals surface area contributed by atoms with Gasteiger partial charge in [0.25, 0.3) is 0 Å². The number of hydrogen-bond donors (Lipinski definition) is 1. The summed E-state index contributed by atoms with van der Waals surface area (Å²) in [5, 5.41) is 0. The summed E-state index contributed by atoms with van der Waals surface area (Å²) in [5.74, 6) is -0.503. The van der Waals surface area contributed by atoms with Crippen LogP contribution in [0, 0.1) is 0 Å². The van der Waals surface area contributed by atoms with Crippen LogP contribution >= 0.6 is 7.37 Å². The molecule has 0 amide bonds. The molecule has 82 valence electrons. The van der Waals surface area contributed by atoms with E-state index in [9.17, 15) is 9.36 Å². The van der Waals surface area contributed by atoms with Crippen molar-refractivity contribution in [1.82, 2.24) is 0 Å². The van der Waals surface area contributed by atoms with Gasteiger partial charge in [-0.15, -0.1) is 0 Å². The molecule has 5 nitrogen and oxygen atoms in total. The maximum absolute atomic E-state index is 10.8. The molecule has 6 heteroatoms. The molecule has 0 saturated carbocycles. The SMILES string of the molecule is C=CC(=O)OCCOCCP(C)(=O)O. The lowest BCUT2D eigenvalue weighted by atomic mass is 10.6. The number of rotatable bonds is 7. The molecule has 0 spiro atoms. The molecule has 0 radical (unpaired) electrons. The monoisotopic (exact) mass is 222 g/mol. The highest BCUT2D eigenvalue weighted by molar-refractivity contribution is 7.57. The highest BCUT2D eigenvalue weighted by Gasteiger charge is 2.08. The van der Waals surface area contributed by atoms with Crippen molar-refractivity contribution in [3.05, 3.63) is 12.7 Å². The number of ether oxygens (including phenoxy) is 2. The summed E-state index contributed by atoms with van der Waals surface area (Å²) in [6, 6.07) is 0. The van der Waals surface area contributed by atoms with Gasteiger partial charge in [-0.2, -0.15) is 0 Å². The molecule has 0 bridgehead atoms. The first-order valence-electron chi connectivity index (χ1n) is 4.12. The van der Waals surface area contributed by atoms with Gasteiger partial charge < -0.3 is 14.4 Å². The first-order valence-corrected chi connectivity index (χ1v) is 6.41. The number of carbonyl (C=O) groups excluding carboxylic acids is 1. The summed E-state index contributed by atoms with van der Waals surface area (Å²) in [6.07, 6.45) is 1.18. The van der Waals surface area contributed by atoms with Gasteiger partial charge in [0.1, 0.15) is 6.61 Å². The summed E-state index contributed by atoms with van der Waals surface area (Å²) in [4.78, 5) is 19.4. The van der Waals surface area contributed by atoms with E-state index < -0.39 is 13.3 Å². The Balaban J connectivity index is 3.27. The molecule has 1 atom stereocenters. The molecule has 0 fully saturated rings. The fourth-order valence-corrected chi connectivity index (χ4v) is 1.06. The van der Waals surface area contributed by atoms with Crippen molar-refractivity contribution in [2.45, 2.75) is 0 Å². The second-order valence-electron chi connectivity index (χ2n) is 2.76. The number of esters is 1. The van der Waals surface area contributed by atoms with Gasteiger partial charge in [0, 0.05) is 18.9 Å². The Hall–Kier alpha value is -0.640. The Morgan fingerprint density at radius 1 is 1.50 bits per heavy atom. The van der Waals surface area contributed by atoms with E-state index in [1.807, 2.05) is 0 Å².